The molecule has 2 N–H and O–H groups in total. The van der Waals surface area contributed by atoms with Gasteiger partial charge in [0.25, 0.3) is 5.91 Å². The van der Waals surface area contributed by atoms with Crippen molar-refractivity contribution in [2.75, 3.05) is 20.8 Å². The zero-order valence-electron chi connectivity index (χ0n) is 10.9. The maximum absolute atomic E-state index is 11.2. The van der Waals surface area contributed by atoms with Crippen LogP contribution in [0, 0.1) is 5.41 Å². The fraction of sp³-hybridized carbons (Fsp3) is 0.385. The van der Waals surface area contributed by atoms with Crippen LogP contribution in [0.2, 0.25) is 0 Å². The molecule has 18 heavy (non-hydrogen) atoms. The molecule has 0 aliphatic heterocycles. The first kappa shape index (κ1) is 14.0. The summed E-state index contributed by atoms with van der Waals surface area (Å²) in [4.78, 5) is 11.2. The lowest BCUT2D eigenvalue weighted by molar-refractivity contribution is -0.114. The van der Waals surface area contributed by atoms with Gasteiger partial charge in [-0.3, -0.25) is 10.2 Å². The molecule has 5 nitrogen and oxygen atoms in total. The lowest BCUT2D eigenvalue weighted by atomic mass is 10.1. The van der Waals surface area contributed by atoms with E-state index in [-0.39, 0.29) is 11.6 Å². The van der Waals surface area contributed by atoms with Crippen molar-refractivity contribution in [2.24, 2.45) is 0 Å². The van der Waals surface area contributed by atoms with Gasteiger partial charge in [0.1, 0.15) is 0 Å². The van der Waals surface area contributed by atoms with E-state index in [1.165, 1.54) is 6.92 Å². The highest BCUT2D eigenvalue weighted by molar-refractivity contribution is 6.36. The van der Waals surface area contributed by atoms with E-state index in [1.807, 2.05) is 18.2 Å². The highest BCUT2D eigenvalue weighted by Crippen LogP contribution is 2.27. The Bertz CT molecular complexity index is 444. The van der Waals surface area contributed by atoms with Crippen LogP contribution in [0.3, 0.4) is 0 Å². The van der Waals surface area contributed by atoms with Crippen molar-refractivity contribution in [2.45, 2.75) is 13.3 Å². The maximum Gasteiger partial charge on any atom is 0.264 e. The average Bonchev–Trinajstić information content (AvgIpc) is 2.38. The van der Waals surface area contributed by atoms with Crippen molar-refractivity contribution >= 4 is 11.6 Å². The van der Waals surface area contributed by atoms with Crippen LogP contribution in [-0.2, 0) is 11.2 Å². The van der Waals surface area contributed by atoms with Gasteiger partial charge in [0.2, 0.25) is 0 Å². The van der Waals surface area contributed by atoms with Gasteiger partial charge in [-0.1, -0.05) is 6.07 Å². The molecule has 0 saturated carbocycles. The number of ether oxygens (including phenoxy) is 2. The standard InChI is InChI=1S/C13H18N2O3/c1-9(14)13(16)15-7-6-10-4-5-11(17-2)12(8-10)18-3/h4-5,8,14H,6-7H2,1-3H3,(H,15,16). The summed E-state index contributed by atoms with van der Waals surface area (Å²) in [6.45, 7) is 1.95. The minimum atomic E-state index is -0.338. The SMILES string of the molecule is COc1ccc(CCNC(=O)C(C)=N)cc1OC. The summed E-state index contributed by atoms with van der Waals surface area (Å²) in [6.07, 6.45) is 0.680. The van der Waals surface area contributed by atoms with Gasteiger partial charge in [-0.15, -0.1) is 0 Å². The molecule has 0 spiro atoms. The molecule has 1 aromatic rings. The van der Waals surface area contributed by atoms with E-state index in [2.05, 4.69) is 5.32 Å². The lowest BCUT2D eigenvalue weighted by Crippen LogP contribution is -2.30. The molecule has 0 bridgehead atoms. The molecule has 0 unspecified atom stereocenters. The number of hydrogen-bond donors (Lipinski definition) is 2. The summed E-state index contributed by atoms with van der Waals surface area (Å²) < 4.78 is 10.3. The molecule has 0 atom stereocenters. The molecule has 1 rings (SSSR count). The first-order chi connectivity index (χ1) is 8.58. The van der Waals surface area contributed by atoms with E-state index >= 15 is 0 Å². The van der Waals surface area contributed by atoms with Crippen LogP contribution in [0.15, 0.2) is 18.2 Å². The number of nitrogens with one attached hydrogen (secondary N) is 2. The normalized spacial score (nSPS) is 9.72. The topological polar surface area (TPSA) is 71.4 Å². The monoisotopic (exact) mass is 250 g/mol. The van der Waals surface area contributed by atoms with E-state index in [0.29, 0.717) is 24.5 Å². The Kier molecular flexibility index (Phi) is 5.17. The quantitative estimate of drug-likeness (QED) is 0.750. The molecule has 1 aromatic carbocycles. The van der Waals surface area contributed by atoms with E-state index in [1.54, 1.807) is 14.2 Å². The predicted molar refractivity (Wildman–Crippen MR) is 69.7 cm³/mol. The fourth-order valence-electron chi connectivity index (χ4n) is 1.49. The van der Waals surface area contributed by atoms with Crippen molar-refractivity contribution in [3.8, 4) is 11.5 Å². The average molecular weight is 250 g/mol. The Labute approximate surface area is 107 Å². The minimum Gasteiger partial charge on any atom is -0.493 e. The Morgan fingerprint density at radius 2 is 1.94 bits per heavy atom. The van der Waals surface area contributed by atoms with E-state index < -0.39 is 0 Å². The number of carbonyl (C=O) groups is 1. The van der Waals surface area contributed by atoms with Gasteiger partial charge in [-0.05, 0) is 31.0 Å². The molecule has 0 saturated heterocycles. The summed E-state index contributed by atoms with van der Waals surface area (Å²) >= 11 is 0. The number of hydrogen-bond acceptors (Lipinski definition) is 4. The van der Waals surface area contributed by atoms with Crippen LogP contribution in [0.4, 0.5) is 0 Å². The predicted octanol–water partition coefficient (Wildman–Crippen LogP) is 1.40. The zero-order valence-corrected chi connectivity index (χ0v) is 10.9. The zero-order chi connectivity index (χ0) is 13.5. The first-order valence-corrected chi connectivity index (χ1v) is 5.62. The Hall–Kier alpha value is -2.04. The summed E-state index contributed by atoms with van der Waals surface area (Å²) in [6, 6.07) is 5.63. The van der Waals surface area contributed by atoms with Crippen LogP contribution in [0.5, 0.6) is 11.5 Å². The largest absolute Gasteiger partial charge is 0.493 e. The third kappa shape index (κ3) is 3.76. The molecular formula is C13H18N2O3. The Morgan fingerprint density at radius 1 is 1.28 bits per heavy atom. The smallest absolute Gasteiger partial charge is 0.264 e. The second-order valence-electron chi connectivity index (χ2n) is 3.82. The van der Waals surface area contributed by atoms with Gasteiger partial charge in [-0.25, -0.2) is 0 Å². The minimum absolute atomic E-state index is 0.0160. The van der Waals surface area contributed by atoms with E-state index in [9.17, 15) is 4.79 Å². The first-order valence-electron chi connectivity index (χ1n) is 5.62. The van der Waals surface area contributed by atoms with Gasteiger partial charge in [-0.2, -0.15) is 0 Å². The van der Waals surface area contributed by atoms with Gasteiger partial charge >= 0.3 is 0 Å². The third-order valence-corrected chi connectivity index (χ3v) is 2.49. The Balaban J connectivity index is 2.58. The van der Waals surface area contributed by atoms with Crippen molar-refractivity contribution in [1.82, 2.24) is 5.32 Å². The van der Waals surface area contributed by atoms with Crippen molar-refractivity contribution in [1.29, 1.82) is 5.41 Å². The summed E-state index contributed by atoms with van der Waals surface area (Å²) in [7, 11) is 3.17. The van der Waals surface area contributed by atoms with Gasteiger partial charge in [0.05, 0.1) is 19.9 Å². The summed E-state index contributed by atoms with van der Waals surface area (Å²) in [5.74, 6) is 1.01. The van der Waals surface area contributed by atoms with Crippen molar-refractivity contribution in [3.05, 3.63) is 23.8 Å². The van der Waals surface area contributed by atoms with Gasteiger partial charge < -0.3 is 14.8 Å². The third-order valence-electron chi connectivity index (χ3n) is 2.49. The van der Waals surface area contributed by atoms with E-state index in [0.717, 1.165) is 5.56 Å². The van der Waals surface area contributed by atoms with Crippen molar-refractivity contribution < 1.29 is 14.3 Å². The van der Waals surface area contributed by atoms with E-state index in [4.69, 9.17) is 14.9 Å². The number of methoxy groups -OCH3 is 2. The van der Waals surface area contributed by atoms with Crippen LogP contribution in [-0.4, -0.2) is 32.4 Å². The van der Waals surface area contributed by atoms with Gasteiger partial charge in [0, 0.05) is 6.54 Å². The van der Waals surface area contributed by atoms with Crippen LogP contribution < -0.4 is 14.8 Å². The fourth-order valence-corrected chi connectivity index (χ4v) is 1.49. The molecule has 0 heterocycles. The summed E-state index contributed by atoms with van der Waals surface area (Å²) in [5.41, 5.74) is 1.05. The number of amides is 1. The van der Waals surface area contributed by atoms with Gasteiger partial charge in [0.15, 0.2) is 11.5 Å². The highest BCUT2D eigenvalue weighted by Gasteiger charge is 2.06. The summed E-state index contributed by atoms with van der Waals surface area (Å²) in [5, 5.41) is 9.81. The second kappa shape index (κ2) is 6.64. The Morgan fingerprint density at radius 3 is 2.50 bits per heavy atom. The molecule has 0 fully saturated rings. The maximum atomic E-state index is 11.2. The van der Waals surface area contributed by atoms with Crippen LogP contribution in [0.1, 0.15) is 12.5 Å². The lowest BCUT2D eigenvalue weighted by Gasteiger charge is -2.09. The molecule has 98 valence electrons. The molecular weight excluding hydrogens is 232 g/mol. The molecule has 0 aliphatic rings. The molecule has 0 aliphatic carbocycles. The highest BCUT2D eigenvalue weighted by atomic mass is 16.5. The van der Waals surface area contributed by atoms with Crippen LogP contribution >= 0.6 is 0 Å². The van der Waals surface area contributed by atoms with Crippen molar-refractivity contribution in [3.63, 3.8) is 0 Å². The number of benzene rings is 1. The molecule has 1 amide bonds. The molecule has 0 radical (unpaired) electrons. The number of rotatable bonds is 6. The number of carbonyl (C=O) groups excluding carboxylic acids is 1. The van der Waals surface area contributed by atoms with Crippen LogP contribution in [0.25, 0.3) is 0 Å². The molecule has 5 heteroatoms. The second-order valence-corrected chi connectivity index (χ2v) is 3.82. The molecule has 0 aromatic heterocycles.